The molecule has 0 aromatic heterocycles. The largest absolute Gasteiger partial charge is 0.0616 e. The average molecular weight is 749 g/mol. The van der Waals surface area contributed by atoms with Crippen molar-refractivity contribution >= 4 is 53.9 Å². The Kier molecular flexibility index (Phi) is 7.38. The quantitative estimate of drug-likeness (QED) is 0.157. The van der Waals surface area contributed by atoms with Gasteiger partial charge in [0.2, 0.25) is 0 Å². The van der Waals surface area contributed by atoms with Gasteiger partial charge in [-0.1, -0.05) is 196 Å². The summed E-state index contributed by atoms with van der Waals surface area (Å²) in [5, 5.41) is 12.7. The summed E-state index contributed by atoms with van der Waals surface area (Å²) in [6.45, 7) is 4.73. The van der Waals surface area contributed by atoms with Crippen molar-refractivity contribution in [2.45, 2.75) is 19.3 Å². The smallest absolute Gasteiger partial charge is 0.0159 e. The molecule has 0 saturated carbocycles. The predicted molar refractivity (Wildman–Crippen MR) is 253 cm³/mol. The first kappa shape index (κ1) is 33.8. The van der Waals surface area contributed by atoms with Crippen LogP contribution in [0.4, 0.5) is 0 Å². The molecular formula is C59H40. The fourth-order valence-corrected chi connectivity index (χ4v) is 10.3. The molecular weight excluding hydrogens is 709 g/mol. The van der Waals surface area contributed by atoms with E-state index in [1.807, 2.05) is 0 Å². The zero-order chi connectivity index (χ0) is 39.2. The van der Waals surface area contributed by atoms with Crippen molar-refractivity contribution in [3.8, 4) is 55.6 Å². The van der Waals surface area contributed by atoms with Crippen molar-refractivity contribution in [1.29, 1.82) is 0 Å². The molecule has 0 nitrogen and oxygen atoms in total. The van der Waals surface area contributed by atoms with E-state index in [0.29, 0.717) is 0 Å². The summed E-state index contributed by atoms with van der Waals surface area (Å²) in [5.74, 6) is 0. The maximum absolute atomic E-state index is 2.45. The molecule has 0 radical (unpaired) electrons. The molecule has 0 fully saturated rings. The lowest BCUT2D eigenvalue weighted by atomic mass is 9.81. The Morgan fingerprint density at radius 2 is 0.678 bits per heavy atom. The number of hydrogen-bond donors (Lipinski definition) is 0. The van der Waals surface area contributed by atoms with Crippen LogP contribution in [-0.2, 0) is 5.41 Å². The third-order valence-electron chi connectivity index (χ3n) is 13.2. The lowest BCUT2D eigenvalue weighted by Gasteiger charge is -2.22. The molecule has 1 aliphatic carbocycles. The highest BCUT2D eigenvalue weighted by Gasteiger charge is 2.35. The molecule has 0 unspecified atom stereocenters. The first-order valence-corrected chi connectivity index (χ1v) is 20.7. The monoisotopic (exact) mass is 748 g/mol. The molecule has 11 aromatic rings. The van der Waals surface area contributed by atoms with Crippen LogP contribution in [0.1, 0.15) is 25.0 Å². The molecule has 0 atom stereocenters. The second kappa shape index (κ2) is 12.9. The van der Waals surface area contributed by atoms with Gasteiger partial charge in [-0.3, -0.25) is 0 Å². The van der Waals surface area contributed by atoms with Crippen LogP contribution in [0, 0.1) is 0 Å². The Morgan fingerprint density at radius 1 is 0.254 bits per heavy atom. The summed E-state index contributed by atoms with van der Waals surface area (Å²) in [7, 11) is 0. The molecule has 11 aromatic carbocycles. The van der Waals surface area contributed by atoms with E-state index in [1.54, 1.807) is 0 Å². The van der Waals surface area contributed by atoms with Gasteiger partial charge in [-0.25, -0.2) is 0 Å². The van der Waals surface area contributed by atoms with Crippen molar-refractivity contribution < 1.29 is 0 Å². The van der Waals surface area contributed by atoms with Gasteiger partial charge < -0.3 is 0 Å². The summed E-state index contributed by atoms with van der Waals surface area (Å²) in [6.07, 6.45) is 0. The third-order valence-corrected chi connectivity index (χ3v) is 13.2. The van der Waals surface area contributed by atoms with E-state index < -0.39 is 0 Å². The van der Waals surface area contributed by atoms with Gasteiger partial charge >= 0.3 is 0 Å². The van der Waals surface area contributed by atoms with Gasteiger partial charge in [0.1, 0.15) is 0 Å². The highest BCUT2D eigenvalue weighted by molar-refractivity contribution is 6.25. The van der Waals surface area contributed by atoms with Crippen molar-refractivity contribution in [3.63, 3.8) is 0 Å². The van der Waals surface area contributed by atoms with Gasteiger partial charge in [0.15, 0.2) is 0 Å². The molecule has 12 rings (SSSR count). The van der Waals surface area contributed by atoms with E-state index >= 15 is 0 Å². The van der Waals surface area contributed by atoms with Gasteiger partial charge in [0.25, 0.3) is 0 Å². The summed E-state index contributed by atoms with van der Waals surface area (Å²) in [5.41, 5.74) is 15.5. The summed E-state index contributed by atoms with van der Waals surface area (Å²) in [6, 6.07) is 77.0. The zero-order valence-electron chi connectivity index (χ0n) is 33.1. The minimum atomic E-state index is -0.0448. The first-order valence-electron chi connectivity index (χ1n) is 20.7. The van der Waals surface area contributed by atoms with Crippen LogP contribution in [0.2, 0.25) is 0 Å². The van der Waals surface area contributed by atoms with Crippen LogP contribution < -0.4 is 0 Å². The fourth-order valence-electron chi connectivity index (χ4n) is 10.3. The van der Waals surface area contributed by atoms with Crippen LogP contribution in [0.5, 0.6) is 0 Å². The van der Waals surface area contributed by atoms with Crippen molar-refractivity contribution in [2.75, 3.05) is 0 Å². The molecule has 0 bridgehead atoms. The fraction of sp³-hybridized carbons (Fsp3) is 0.0508. The van der Waals surface area contributed by atoms with Crippen LogP contribution in [-0.4, -0.2) is 0 Å². The molecule has 0 N–H and O–H groups in total. The summed E-state index contributed by atoms with van der Waals surface area (Å²) >= 11 is 0. The highest BCUT2D eigenvalue weighted by Crippen LogP contribution is 2.51. The SMILES string of the molecule is CC1(C)c2ccc(-c3ccc(-c4ccc5c(-c6cccc7ccccc67)c6ccccc6c(-c6cccc7ccccc67)c5c4)cc3)cc2-c2cc3ccccc3cc21. The molecule has 0 amide bonds. The standard InChI is InChI=1S/C59H40/c1-59(2)55-32-30-44(34-52(55)53-33-41-15-3-4-16-42(41)36-56(53)59)38-27-25-37(26-28-38)43-29-31-51-54(35-43)58(48-24-12-18-40-14-6-8-20-46(40)48)50-22-10-9-21-49(50)57(51)47-23-11-17-39-13-5-7-19-45(39)47/h3-36H,1-2H3. The second-order valence-electron chi connectivity index (χ2n) is 16.8. The van der Waals surface area contributed by atoms with E-state index in [9.17, 15) is 0 Å². The van der Waals surface area contributed by atoms with Crippen molar-refractivity contribution in [2.24, 2.45) is 0 Å². The average Bonchev–Trinajstić information content (AvgIpc) is 3.51. The van der Waals surface area contributed by atoms with Gasteiger partial charge in [0, 0.05) is 5.41 Å². The molecule has 0 spiro atoms. The maximum Gasteiger partial charge on any atom is 0.0159 e. The van der Waals surface area contributed by atoms with Crippen molar-refractivity contribution in [3.05, 3.63) is 217 Å². The Hall–Kier alpha value is -7.28. The van der Waals surface area contributed by atoms with Crippen LogP contribution in [0.15, 0.2) is 206 Å². The van der Waals surface area contributed by atoms with Crippen molar-refractivity contribution in [1.82, 2.24) is 0 Å². The molecule has 0 saturated heterocycles. The van der Waals surface area contributed by atoms with E-state index in [0.717, 1.165) is 0 Å². The minimum absolute atomic E-state index is 0.0448. The van der Waals surface area contributed by atoms with Gasteiger partial charge in [-0.15, -0.1) is 0 Å². The molecule has 1 aliphatic rings. The molecule has 276 valence electrons. The Morgan fingerprint density at radius 3 is 1.29 bits per heavy atom. The Balaban J connectivity index is 1.04. The van der Waals surface area contributed by atoms with Gasteiger partial charge in [-0.05, 0) is 145 Å². The molecule has 0 aliphatic heterocycles. The molecule has 0 heterocycles. The lowest BCUT2D eigenvalue weighted by molar-refractivity contribution is 0.661. The molecule has 0 heteroatoms. The number of benzene rings is 11. The second-order valence-corrected chi connectivity index (χ2v) is 16.8. The first-order chi connectivity index (χ1) is 29.0. The number of fused-ring (bicyclic) bond motifs is 8. The van der Waals surface area contributed by atoms with Crippen LogP contribution in [0.3, 0.4) is 0 Å². The topological polar surface area (TPSA) is 0 Å². The number of rotatable bonds is 4. The maximum atomic E-state index is 2.45. The van der Waals surface area contributed by atoms with E-state index in [-0.39, 0.29) is 5.41 Å². The predicted octanol–water partition coefficient (Wildman–Crippen LogP) is 16.4. The normalized spacial score (nSPS) is 13.1. The Bertz CT molecular complexity index is 3500. The molecule has 59 heavy (non-hydrogen) atoms. The van der Waals surface area contributed by atoms with Gasteiger partial charge in [-0.2, -0.15) is 0 Å². The highest BCUT2D eigenvalue weighted by atomic mass is 14.4. The summed E-state index contributed by atoms with van der Waals surface area (Å²) < 4.78 is 0. The van der Waals surface area contributed by atoms with Gasteiger partial charge in [0.05, 0.1) is 0 Å². The van der Waals surface area contributed by atoms with E-state index in [4.69, 9.17) is 0 Å². The number of hydrogen-bond acceptors (Lipinski definition) is 0. The zero-order valence-corrected chi connectivity index (χ0v) is 33.1. The lowest BCUT2D eigenvalue weighted by Crippen LogP contribution is -2.14. The summed E-state index contributed by atoms with van der Waals surface area (Å²) in [4.78, 5) is 0. The van der Waals surface area contributed by atoms with Crippen LogP contribution >= 0.6 is 0 Å². The van der Waals surface area contributed by atoms with E-state index in [2.05, 4.69) is 220 Å². The van der Waals surface area contributed by atoms with E-state index in [1.165, 1.54) is 121 Å². The minimum Gasteiger partial charge on any atom is -0.0616 e. The third kappa shape index (κ3) is 5.16. The van der Waals surface area contributed by atoms with Crippen LogP contribution in [0.25, 0.3) is 109 Å². The Labute approximate surface area is 344 Å².